The van der Waals surface area contributed by atoms with E-state index in [9.17, 15) is 4.79 Å². The summed E-state index contributed by atoms with van der Waals surface area (Å²) in [6.07, 6.45) is 3.64. The highest BCUT2D eigenvalue weighted by Crippen LogP contribution is 2.12. The van der Waals surface area contributed by atoms with E-state index < -0.39 is 5.97 Å². The van der Waals surface area contributed by atoms with Crippen LogP contribution in [0.4, 0.5) is 0 Å². The lowest BCUT2D eigenvalue weighted by molar-refractivity contribution is -0.138. The van der Waals surface area contributed by atoms with E-state index in [1.54, 1.807) is 6.26 Å². The molecular formula is C14H22N2O3. The van der Waals surface area contributed by atoms with Crippen LogP contribution in [-0.4, -0.2) is 59.6 Å². The number of rotatable bonds is 5. The normalized spacial score (nSPS) is 20.1. The summed E-state index contributed by atoms with van der Waals surface area (Å²) in [6, 6.07) is 4.35. The third-order valence-electron chi connectivity index (χ3n) is 3.68. The topological polar surface area (TPSA) is 56.9 Å². The van der Waals surface area contributed by atoms with Crippen molar-refractivity contribution < 1.29 is 14.3 Å². The molecule has 106 valence electrons. The van der Waals surface area contributed by atoms with Crippen LogP contribution < -0.4 is 0 Å². The minimum absolute atomic E-state index is 0.153. The van der Waals surface area contributed by atoms with E-state index in [4.69, 9.17) is 9.52 Å². The lowest BCUT2D eigenvalue weighted by Gasteiger charge is -2.27. The minimum atomic E-state index is -0.739. The summed E-state index contributed by atoms with van der Waals surface area (Å²) < 4.78 is 5.39. The highest BCUT2D eigenvalue weighted by atomic mass is 16.4. The maximum absolute atomic E-state index is 10.7. The van der Waals surface area contributed by atoms with Crippen LogP contribution in [0.3, 0.4) is 0 Å². The van der Waals surface area contributed by atoms with Gasteiger partial charge in [0.1, 0.15) is 5.76 Å². The van der Waals surface area contributed by atoms with Crippen LogP contribution >= 0.6 is 0 Å². The number of hydrogen-bond donors (Lipinski definition) is 1. The molecule has 1 aliphatic heterocycles. The third-order valence-corrected chi connectivity index (χ3v) is 3.68. The molecule has 0 aliphatic carbocycles. The van der Waals surface area contributed by atoms with Gasteiger partial charge in [0.05, 0.1) is 12.8 Å². The van der Waals surface area contributed by atoms with Crippen molar-refractivity contribution in [3.05, 3.63) is 24.2 Å². The Kier molecular flexibility index (Phi) is 4.99. The Labute approximate surface area is 113 Å². The maximum Gasteiger partial charge on any atom is 0.317 e. The molecule has 0 aromatic carbocycles. The summed E-state index contributed by atoms with van der Waals surface area (Å²) in [4.78, 5) is 15.2. The van der Waals surface area contributed by atoms with Gasteiger partial charge in [0.2, 0.25) is 0 Å². The van der Waals surface area contributed by atoms with Crippen molar-refractivity contribution >= 4 is 5.97 Å². The Morgan fingerprint density at radius 3 is 2.95 bits per heavy atom. The van der Waals surface area contributed by atoms with Gasteiger partial charge < -0.3 is 9.52 Å². The van der Waals surface area contributed by atoms with Crippen LogP contribution in [0, 0.1) is 0 Å². The number of carbonyl (C=O) groups is 1. The van der Waals surface area contributed by atoms with E-state index in [0.717, 1.165) is 44.8 Å². The number of furan rings is 1. The van der Waals surface area contributed by atoms with Crippen LogP contribution in [0.1, 0.15) is 19.1 Å². The molecule has 5 heteroatoms. The Morgan fingerprint density at radius 1 is 1.42 bits per heavy atom. The maximum atomic E-state index is 10.7. The van der Waals surface area contributed by atoms with Crippen LogP contribution in [0.2, 0.25) is 0 Å². The standard InChI is InChI=1S/C14H22N2O3/c1-12(10-13-4-2-9-19-13)16-6-3-5-15(7-8-16)11-14(17)18/h2,4,9,12H,3,5-8,10-11H2,1H3,(H,17,18). The monoisotopic (exact) mass is 266 g/mol. The van der Waals surface area contributed by atoms with Crippen molar-refractivity contribution in [1.29, 1.82) is 0 Å². The molecular weight excluding hydrogens is 244 g/mol. The van der Waals surface area contributed by atoms with Gasteiger partial charge >= 0.3 is 5.97 Å². The number of carboxylic acids is 1. The number of nitrogens with zero attached hydrogens (tertiary/aromatic N) is 2. The number of aliphatic carboxylic acids is 1. The Morgan fingerprint density at radius 2 is 2.26 bits per heavy atom. The van der Waals surface area contributed by atoms with Gasteiger partial charge in [0.25, 0.3) is 0 Å². The molecule has 0 radical (unpaired) electrons. The van der Waals surface area contributed by atoms with Gasteiger partial charge in [0, 0.05) is 32.1 Å². The van der Waals surface area contributed by atoms with Crippen molar-refractivity contribution in [3.63, 3.8) is 0 Å². The van der Waals surface area contributed by atoms with E-state index in [1.807, 2.05) is 17.0 Å². The third kappa shape index (κ3) is 4.36. The molecule has 19 heavy (non-hydrogen) atoms. The van der Waals surface area contributed by atoms with Gasteiger partial charge in [-0.2, -0.15) is 0 Å². The zero-order chi connectivity index (χ0) is 13.7. The molecule has 5 nitrogen and oxygen atoms in total. The lowest BCUT2D eigenvalue weighted by atomic mass is 10.1. The minimum Gasteiger partial charge on any atom is -0.480 e. The summed E-state index contributed by atoms with van der Waals surface area (Å²) in [6.45, 7) is 6.01. The van der Waals surface area contributed by atoms with Crippen molar-refractivity contribution in [2.45, 2.75) is 25.8 Å². The van der Waals surface area contributed by atoms with Crippen molar-refractivity contribution in [2.24, 2.45) is 0 Å². The van der Waals surface area contributed by atoms with Gasteiger partial charge in [0.15, 0.2) is 0 Å². The molecule has 1 fully saturated rings. The first-order valence-electron chi connectivity index (χ1n) is 6.85. The molecule has 2 rings (SSSR count). The molecule has 0 spiro atoms. The lowest BCUT2D eigenvalue weighted by Crippen LogP contribution is -2.38. The second kappa shape index (κ2) is 6.73. The molecule has 2 heterocycles. The van der Waals surface area contributed by atoms with Crippen LogP contribution in [0.25, 0.3) is 0 Å². The molecule has 1 saturated heterocycles. The fourth-order valence-electron chi connectivity index (χ4n) is 2.63. The first-order valence-corrected chi connectivity index (χ1v) is 6.85. The highest BCUT2D eigenvalue weighted by Gasteiger charge is 2.20. The molecule has 0 amide bonds. The number of hydrogen-bond acceptors (Lipinski definition) is 4. The van der Waals surface area contributed by atoms with Gasteiger partial charge in [-0.3, -0.25) is 14.6 Å². The molecule has 1 unspecified atom stereocenters. The van der Waals surface area contributed by atoms with Crippen LogP contribution in [-0.2, 0) is 11.2 Å². The van der Waals surface area contributed by atoms with Crippen molar-refractivity contribution in [3.8, 4) is 0 Å². The average Bonchev–Trinajstić information content (AvgIpc) is 2.74. The smallest absolute Gasteiger partial charge is 0.317 e. The Balaban J connectivity index is 1.82. The molecule has 1 atom stereocenters. The largest absolute Gasteiger partial charge is 0.480 e. The number of carboxylic acid groups (broad SMARTS) is 1. The molecule has 1 N–H and O–H groups in total. The van der Waals surface area contributed by atoms with Crippen LogP contribution in [0.5, 0.6) is 0 Å². The highest BCUT2D eigenvalue weighted by molar-refractivity contribution is 5.69. The zero-order valence-corrected chi connectivity index (χ0v) is 11.4. The molecule has 1 aromatic rings. The SMILES string of the molecule is CC(Cc1ccco1)N1CCCN(CC(=O)O)CC1. The molecule has 1 aromatic heterocycles. The van der Waals surface area contributed by atoms with Gasteiger partial charge in [-0.1, -0.05) is 0 Å². The van der Waals surface area contributed by atoms with E-state index in [0.29, 0.717) is 6.04 Å². The Hall–Kier alpha value is -1.33. The fourth-order valence-corrected chi connectivity index (χ4v) is 2.63. The summed E-state index contributed by atoms with van der Waals surface area (Å²) in [5.41, 5.74) is 0. The predicted octanol–water partition coefficient (Wildman–Crippen LogP) is 1.30. The molecule has 1 aliphatic rings. The predicted molar refractivity (Wildman–Crippen MR) is 72.1 cm³/mol. The molecule has 0 saturated carbocycles. The quantitative estimate of drug-likeness (QED) is 0.870. The second-order valence-corrected chi connectivity index (χ2v) is 5.19. The van der Waals surface area contributed by atoms with E-state index >= 15 is 0 Å². The Bertz CT molecular complexity index is 391. The van der Waals surface area contributed by atoms with Crippen molar-refractivity contribution in [2.75, 3.05) is 32.7 Å². The first kappa shape index (κ1) is 14.1. The summed E-state index contributed by atoms with van der Waals surface area (Å²) in [7, 11) is 0. The molecule has 0 bridgehead atoms. The van der Waals surface area contributed by atoms with Crippen LogP contribution in [0.15, 0.2) is 22.8 Å². The van der Waals surface area contributed by atoms with Crippen molar-refractivity contribution in [1.82, 2.24) is 9.80 Å². The van der Waals surface area contributed by atoms with E-state index in [2.05, 4.69) is 11.8 Å². The van der Waals surface area contributed by atoms with E-state index in [1.165, 1.54) is 0 Å². The summed E-state index contributed by atoms with van der Waals surface area (Å²) in [5, 5.41) is 8.84. The van der Waals surface area contributed by atoms with E-state index in [-0.39, 0.29) is 6.54 Å². The van der Waals surface area contributed by atoms with Gasteiger partial charge in [-0.25, -0.2) is 0 Å². The summed E-state index contributed by atoms with van der Waals surface area (Å²) >= 11 is 0. The first-order chi connectivity index (χ1) is 9.15. The van der Waals surface area contributed by atoms with Gasteiger partial charge in [-0.05, 0) is 32.0 Å². The fraction of sp³-hybridized carbons (Fsp3) is 0.643. The van der Waals surface area contributed by atoms with Gasteiger partial charge in [-0.15, -0.1) is 0 Å². The second-order valence-electron chi connectivity index (χ2n) is 5.19. The average molecular weight is 266 g/mol. The summed E-state index contributed by atoms with van der Waals surface area (Å²) in [5.74, 6) is 0.274. The zero-order valence-electron chi connectivity index (χ0n) is 11.4.